The third-order valence-corrected chi connectivity index (χ3v) is 4.70. The van der Waals surface area contributed by atoms with Gasteiger partial charge in [0.1, 0.15) is 0 Å². The van der Waals surface area contributed by atoms with E-state index < -0.39 is 0 Å². The number of methoxy groups -OCH3 is 1. The lowest BCUT2D eigenvalue weighted by molar-refractivity contribution is -0.117. The molecule has 0 fully saturated rings. The highest BCUT2D eigenvalue weighted by molar-refractivity contribution is 9.10. The van der Waals surface area contributed by atoms with E-state index in [0.717, 1.165) is 34.3 Å². The summed E-state index contributed by atoms with van der Waals surface area (Å²) in [6.07, 6.45) is 13.2. The lowest BCUT2D eigenvalue weighted by atomic mass is 10.1. The van der Waals surface area contributed by atoms with Gasteiger partial charge in [-0.3, -0.25) is 9.59 Å². The number of benzene rings is 2. The van der Waals surface area contributed by atoms with Crippen LogP contribution in [0, 0.1) is 12.8 Å². The van der Waals surface area contributed by atoms with E-state index in [1.807, 2.05) is 56.3 Å². The van der Waals surface area contributed by atoms with Crippen LogP contribution >= 0.6 is 15.9 Å². The van der Waals surface area contributed by atoms with Gasteiger partial charge < -0.3 is 15.8 Å². The van der Waals surface area contributed by atoms with Crippen LogP contribution in [0.3, 0.4) is 0 Å². The fourth-order valence-electron chi connectivity index (χ4n) is 2.77. The van der Waals surface area contributed by atoms with E-state index in [4.69, 9.17) is 10.5 Å². The number of nitrogens with one attached hydrogen (secondary N) is 1. The standard InChI is InChI=1S/C12H15NO2.C10H10BrNO.C2H6.C2H2/c1-15-11(7-8-12(13)14)9-10-5-3-2-4-6-10;11-8-5-4-7-2-1-3-10(13)12-9(7)6-8;2*1-2/h2-7H,8-9H2,1H3,(H2,13,14);4-6H,1-3H2,(H,12,13);1-2H3;1-2H/b11-7-;;;. The number of hydrogen-bond acceptors (Lipinski definition) is 3. The minimum absolute atomic E-state index is 0.122. The van der Waals surface area contributed by atoms with Crippen molar-refractivity contribution >= 4 is 33.4 Å². The van der Waals surface area contributed by atoms with Crippen molar-refractivity contribution in [2.24, 2.45) is 5.73 Å². The number of aryl methyl sites for hydroxylation is 1. The molecule has 32 heavy (non-hydrogen) atoms. The average molecular weight is 501 g/mol. The fourth-order valence-corrected chi connectivity index (χ4v) is 3.14. The summed E-state index contributed by atoms with van der Waals surface area (Å²) in [6.45, 7) is 4.00. The minimum Gasteiger partial charge on any atom is -0.501 e. The van der Waals surface area contributed by atoms with E-state index in [1.165, 1.54) is 5.56 Å². The smallest absolute Gasteiger partial charge is 0.224 e. The molecule has 0 atom stereocenters. The van der Waals surface area contributed by atoms with Crippen LogP contribution < -0.4 is 11.1 Å². The molecule has 0 radical (unpaired) electrons. The van der Waals surface area contributed by atoms with Gasteiger partial charge >= 0.3 is 0 Å². The zero-order chi connectivity index (χ0) is 24.4. The molecule has 0 spiro atoms. The molecule has 1 aliphatic heterocycles. The number of halogens is 1. The molecule has 5 nitrogen and oxygen atoms in total. The molecule has 2 aromatic rings. The second kappa shape index (κ2) is 17.6. The summed E-state index contributed by atoms with van der Waals surface area (Å²) in [5.74, 6) is 0.537. The summed E-state index contributed by atoms with van der Waals surface area (Å²) in [7, 11) is 1.59. The molecule has 3 N–H and O–H groups in total. The maximum absolute atomic E-state index is 11.2. The van der Waals surface area contributed by atoms with Crippen LogP contribution in [-0.4, -0.2) is 18.9 Å². The van der Waals surface area contributed by atoms with Gasteiger partial charge in [0.25, 0.3) is 0 Å². The number of terminal acetylenes is 1. The van der Waals surface area contributed by atoms with E-state index in [0.29, 0.717) is 12.8 Å². The molecule has 0 unspecified atom stereocenters. The van der Waals surface area contributed by atoms with E-state index in [-0.39, 0.29) is 18.2 Å². The normalized spacial score (nSPS) is 11.9. The number of carbonyl (C=O) groups excluding carboxylic acids is 2. The number of primary amides is 1. The summed E-state index contributed by atoms with van der Waals surface area (Å²) in [5.41, 5.74) is 8.38. The average Bonchev–Trinajstić information content (AvgIpc) is 3.00. The molecule has 2 aromatic carbocycles. The SMILES string of the molecule is C#C.CC.CO/C(=C\CC(N)=O)Cc1ccccc1.O=C1CCCc2ccc(Br)cc2N1. The Bertz CT molecular complexity index is 877. The molecule has 0 saturated heterocycles. The largest absolute Gasteiger partial charge is 0.501 e. The molecule has 1 heterocycles. The number of hydrogen-bond donors (Lipinski definition) is 2. The highest BCUT2D eigenvalue weighted by Gasteiger charge is 2.12. The van der Waals surface area contributed by atoms with Crippen LogP contribution in [0.4, 0.5) is 5.69 Å². The lowest BCUT2D eigenvalue weighted by Gasteiger charge is -2.05. The number of nitrogens with two attached hydrogens (primary N) is 1. The Balaban J connectivity index is 0.000000523. The monoisotopic (exact) mass is 500 g/mol. The topological polar surface area (TPSA) is 81.4 Å². The molecular formula is C26H33BrN2O3. The first kappa shape index (κ1) is 29.0. The predicted octanol–water partition coefficient (Wildman–Crippen LogP) is 5.63. The van der Waals surface area contributed by atoms with Crippen molar-refractivity contribution in [2.75, 3.05) is 12.4 Å². The highest BCUT2D eigenvalue weighted by Crippen LogP contribution is 2.25. The number of anilines is 1. The number of amides is 2. The third kappa shape index (κ3) is 12.0. The molecule has 172 valence electrons. The molecular weight excluding hydrogens is 468 g/mol. The number of fused-ring (bicyclic) bond motifs is 1. The van der Waals surface area contributed by atoms with Crippen molar-refractivity contribution < 1.29 is 14.3 Å². The number of ether oxygens (including phenoxy) is 1. The summed E-state index contributed by atoms with van der Waals surface area (Å²) < 4.78 is 6.17. The van der Waals surface area contributed by atoms with E-state index in [1.54, 1.807) is 13.2 Å². The third-order valence-electron chi connectivity index (χ3n) is 4.21. The summed E-state index contributed by atoms with van der Waals surface area (Å²) in [5, 5.41) is 2.89. The van der Waals surface area contributed by atoms with E-state index in [9.17, 15) is 9.59 Å². The van der Waals surface area contributed by atoms with Crippen LogP contribution in [0.25, 0.3) is 0 Å². The Hall–Kier alpha value is -3.04. The van der Waals surface area contributed by atoms with Crippen LogP contribution in [-0.2, 0) is 27.2 Å². The van der Waals surface area contributed by atoms with Gasteiger partial charge in [-0.1, -0.05) is 66.2 Å². The van der Waals surface area contributed by atoms with Gasteiger partial charge in [-0.15, -0.1) is 12.8 Å². The van der Waals surface area contributed by atoms with Crippen LogP contribution in [0.15, 0.2) is 64.8 Å². The number of carbonyl (C=O) groups is 2. The van der Waals surface area contributed by atoms with Gasteiger partial charge in [0.05, 0.1) is 12.9 Å². The summed E-state index contributed by atoms with van der Waals surface area (Å²) in [4.78, 5) is 21.8. The minimum atomic E-state index is -0.349. The molecule has 2 amide bonds. The maximum atomic E-state index is 11.2. The second-order valence-corrected chi connectivity index (χ2v) is 7.33. The first-order valence-electron chi connectivity index (χ1n) is 10.4. The molecule has 1 aliphatic rings. The van der Waals surface area contributed by atoms with Gasteiger partial charge in [-0.2, -0.15) is 0 Å². The number of rotatable bonds is 5. The lowest BCUT2D eigenvalue weighted by Crippen LogP contribution is -2.09. The van der Waals surface area contributed by atoms with E-state index in [2.05, 4.69) is 40.2 Å². The molecule has 0 bridgehead atoms. The van der Waals surface area contributed by atoms with Gasteiger partial charge in [0.15, 0.2) is 0 Å². The fraction of sp³-hybridized carbons (Fsp3) is 0.308. The first-order chi connectivity index (χ1) is 15.5. The summed E-state index contributed by atoms with van der Waals surface area (Å²) in [6, 6.07) is 15.9. The zero-order valence-electron chi connectivity index (χ0n) is 19.1. The highest BCUT2D eigenvalue weighted by atomic mass is 79.9. The number of allylic oxidation sites excluding steroid dienone is 1. The van der Waals surface area contributed by atoms with Gasteiger partial charge in [0, 0.05) is 29.4 Å². The van der Waals surface area contributed by atoms with Crippen LogP contribution in [0.5, 0.6) is 0 Å². The van der Waals surface area contributed by atoms with Crippen LogP contribution in [0.1, 0.15) is 44.2 Å². The van der Waals surface area contributed by atoms with Crippen molar-refractivity contribution in [3.63, 3.8) is 0 Å². The Kier molecular flexibility index (Phi) is 15.9. The van der Waals surface area contributed by atoms with Crippen molar-refractivity contribution in [3.05, 3.63) is 76.0 Å². The van der Waals surface area contributed by atoms with Gasteiger partial charge in [-0.25, -0.2) is 0 Å². The Morgan fingerprint density at radius 2 is 1.81 bits per heavy atom. The van der Waals surface area contributed by atoms with Crippen molar-refractivity contribution in [2.45, 2.75) is 46.0 Å². The molecule has 6 heteroatoms. The first-order valence-corrected chi connectivity index (χ1v) is 11.2. The van der Waals surface area contributed by atoms with E-state index >= 15 is 0 Å². The van der Waals surface area contributed by atoms with Crippen LogP contribution in [0.2, 0.25) is 0 Å². The molecule has 0 aromatic heterocycles. The zero-order valence-corrected chi connectivity index (χ0v) is 20.7. The second-order valence-electron chi connectivity index (χ2n) is 6.41. The molecule has 3 rings (SSSR count). The Morgan fingerprint density at radius 1 is 1.16 bits per heavy atom. The maximum Gasteiger partial charge on any atom is 0.224 e. The van der Waals surface area contributed by atoms with Gasteiger partial charge in [-0.05, 0) is 42.2 Å². The van der Waals surface area contributed by atoms with Gasteiger partial charge in [0.2, 0.25) is 11.8 Å². The molecule has 0 aliphatic carbocycles. The molecule has 0 saturated carbocycles. The van der Waals surface area contributed by atoms with Crippen molar-refractivity contribution in [3.8, 4) is 12.8 Å². The Labute approximate surface area is 200 Å². The predicted molar refractivity (Wildman–Crippen MR) is 136 cm³/mol. The van der Waals surface area contributed by atoms with Crippen molar-refractivity contribution in [1.82, 2.24) is 0 Å². The summed E-state index contributed by atoms with van der Waals surface area (Å²) >= 11 is 3.38. The quantitative estimate of drug-likeness (QED) is 0.411. The Morgan fingerprint density at radius 3 is 2.41 bits per heavy atom. The van der Waals surface area contributed by atoms with Crippen molar-refractivity contribution in [1.29, 1.82) is 0 Å².